The van der Waals surface area contributed by atoms with Gasteiger partial charge in [-0.3, -0.25) is 0 Å². The van der Waals surface area contributed by atoms with Crippen LogP contribution < -0.4 is 10.1 Å². The maximum Gasteiger partial charge on any atom is 0.317 e. The summed E-state index contributed by atoms with van der Waals surface area (Å²) >= 11 is 5.84. The average molecular weight is 400 g/mol. The Balaban J connectivity index is 1.47. The summed E-state index contributed by atoms with van der Waals surface area (Å²) in [5.74, 6) is 0.716. The smallest absolute Gasteiger partial charge is 0.317 e. The van der Waals surface area contributed by atoms with Gasteiger partial charge in [-0.25, -0.2) is 14.5 Å². The minimum absolute atomic E-state index is 0.0815. The number of hydrogen-bond donors (Lipinski definition) is 1. The highest BCUT2D eigenvalue weighted by atomic mass is 35.5. The molecular weight excluding hydrogens is 378 g/mol. The molecule has 0 fully saturated rings. The van der Waals surface area contributed by atoms with Gasteiger partial charge in [0.1, 0.15) is 25.0 Å². The molecule has 1 atom stereocenters. The number of carbonyl (C=O) groups is 1. The molecule has 3 aromatic rings. The fraction of sp³-hybridized carbons (Fsp3) is 0.250. The van der Waals surface area contributed by atoms with Gasteiger partial charge in [0.2, 0.25) is 0 Å². The van der Waals surface area contributed by atoms with Crippen LogP contribution in [-0.4, -0.2) is 45.9 Å². The van der Waals surface area contributed by atoms with Gasteiger partial charge in [-0.05, 0) is 48.9 Å². The molecule has 2 aromatic carbocycles. The number of urea groups is 1. The minimum Gasteiger partial charge on any atom is -0.492 e. The number of rotatable bonds is 7. The molecule has 7 nitrogen and oxygen atoms in total. The third-order valence-corrected chi connectivity index (χ3v) is 4.67. The SMILES string of the molecule is CC(c1ccc(-n2cncn2)cc1)N(C)C(=O)NCCOc1ccc(Cl)cc1. The first-order chi connectivity index (χ1) is 13.5. The number of nitrogens with one attached hydrogen (secondary N) is 1. The fourth-order valence-corrected chi connectivity index (χ4v) is 2.75. The molecule has 1 unspecified atom stereocenters. The number of hydrogen-bond acceptors (Lipinski definition) is 4. The van der Waals surface area contributed by atoms with Crippen molar-refractivity contribution in [2.45, 2.75) is 13.0 Å². The maximum atomic E-state index is 12.4. The van der Waals surface area contributed by atoms with E-state index < -0.39 is 0 Å². The summed E-state index contributed by atoms with van der Waals surface area (Å²) in [6, 6.07) is 14.7. The fourth-order valence-electron chi connectivity index (χ4n) is 2.63. The van der Waals surface area contributed by atoms with E-state index in [9.17, 15) is 4.79 Å². The zero-order chi connectivity index (χ0) is 19.9. The number of carbonyl (C=O) groups excluding carboxylic acids is 1. The Bertz CT molecular complexity index is 882. The third kappa shape index (κ3) is 5.01. The first-order valence-electron chi connectivity index (χ1n) is 8.88. The van der Waals surface area contributed by atoms with Crippen molar-refractivity contribution >= 4 is 17.6 Å². The van der Waals surface area contributed by atoms with E-state index in [1.54, 1.807) is 47.2 Å². The van der Waals surface area contributed by atoms with Gasteiger partial charge in [0, 0.05) is 12.1 Å². The summed E-state index contributed by atoms with van der Waals surface area (Å²) in [5.41, 5.74) is 1.94. The maximum absolute atomic E-state index is 12.4. The molecular formula is C20H22ClN5O2. The van der Waals surface area contributed by atoms with Gasteiger partial charge in [0.05, 0.1) is 18.3 Å². The molecule has 0 radical (unpaired) electrons. The lowest BCUT2D eigenvalue weighted by Crippen LogP contribution is -2.40. The van der Waals surface area contributed by atoms with Crippen molar-refractivity contribution in [3.8, 4) is 11.4 Å². The van der Waals surface area contributed by atoms with E-state index in [1.165, 1.54) is 6.33 Å². The lowest BCUT2D eigenvalue weighted by atomic mass is 10.1. The lowest BCUT2D eigenvalue weighted by molar-refractivity contribution is 0.191. The summed E-state index contributed by atoms with van der Waals surface area (Å²) in [7, 11) is 1.77. The Morgan fingerprint density at radius 3 is 2.57 bits per heavy atom. The van der Waals surface area contributed by atoms with Crippen LogP contribution in [0.4, 0.5) is 4.79 Å². The molecule has 0 aliphatic heterocycles. The summed E-state index contributed by atoms with van der Waals surface area (Å²) in [6.45, 7) is 2.76. The van der Waals surface area contributed by atoms with Crippen LogP contribution in [0.5, 0.6) is 5.75 Å². The molecule has 28 heavy (non-hydrogen) atoms. The van der Waals surface area contributed by atoms with Gasteiger partial charge in [0.15, 0.2) is 0 Å². The zero-order valence-corrected chi connectivity index (χ0v) is 16.5. The molecule has 1 aromatic heterocycles. The summed E-state index contributed by atoms with van der Waals surface area (Å²) in [6.07, 6.45) is 3.13. The Morgan fingerprint density at radius 2 is 1.93 bits per heavy atom. The number of aromatic nitrogens is 3. The van der Waals surface area contributed by atoms with Gasteiger partial charge in [-0.2, -0.15) is 5.10 Å². The van der Waals surface area contributed by atoms with Crippen molar-refractivity contribution in [1.82, 2.24) is 25.0 Å². The predicted octanol–water partition coefficient (Wildman–Crippen LogP) is 3.70. The molecule has 1 N–H and O–H groups in total. The zero-order valence-electron chi connectivity index (χ0n) is 15.7. The molecule has 0 aliphatic rings. The van der Waals surface area contributed by atoms with Gasteiger partial charge in [-0.1, -0.05) is 23.7 Å². The first-order valence-corrected chi connectivity index (χ1v) is 9.26. The van der Waals surface area contributed by atoms with Crippen LogP contribution in [-0.2, 0) is 0 Å². The van der Waals surface area contributed by atoms with Crippen molar-refractivity contribution in [3.63, 3.8) is 0 Å². The number of halogens is 1. The summed E-state index contributed by atoms with van der Waals surface area (Å²) < 4.78 is 7.27. The molecule has 0 bridgehead atoms. The molecule has 0 saturated heterocycles. The minimum atomic E-state index is -0.160. The van der Waals surface area contributed by atoms with Crippen LogP contribution in [0.1, 0.15) is 18.5 Å². The van der Waals surface area contributed by atoms with Crippen LogP contribution in [0.2, 0.25) is 5.02 Å². The van der Waals surface area contributed by atoms with E-state index in [1.807, 2.05) is 31.2 Å². The molecule has 2 amide bonds. The van der Waals surface area contributed by atoms with Crippen LogP contribution >= 0.6 is 11.6 Å². The molecule has 1 heterocycles. The standard InChI is InChI=1S/C20H22ClN5O2/c1-15(16-3-7-18(8-4-16)26-14-22-13-24-26)25(2)20(27)23-11-12-28-19-9-5-17(21)6-10-19/h3-10,13-15H,11-12H2,1-2H3,(H,23,27). The highest BCUT2D eigenvalue weighted by Gasteiger charge is 2.17. The number of nitrogens with zero attached hydrogens (tertiary/aromatic N) is 4. The van der Waals surface area contributed by atoms with Crippen LogP contribution in [0, 0.1) is 0 Å². The van der Waals surface area contributed by atoms with Crippen molar-refractivity contribution in [3.05, 3.63) is 71.8 Å². The number of ether oxygens (including phenoxy) is 1. The van der Waals surface area contributed by atoms with Crippen molar-refractivity contribution in [1.29, 1.82) is 0 Å². The van der Waals surface area contributed by atoms with Crippen LogP contribution in [0.3, 0.4) is 0 Å². The van der Waals surface area contributed by atoms with Crippen LogP contribution in [0.15, 0.2) is 61.2 Å². The Labute approximate surface area is 168 Å². The summed E-state index contributed by atoms with van der Waals surface area (Å²) in [5, 5.41) is 7.62. The van der Waals surface area contributed by atoms with Crippen molar-refractivity contribution in [2.24, 2.45) is 0 Å². The largest absolute Gasteiger partial charge is 0.492 e. The number of amides is 2. The molecule has 0 saturated carbocycles. The Kier molecular flexibility index (Phi) is 6.49. The molecule has 0 spiro atoms. The second-order valence-electron chi connectivity index (χ2n) is 6.25. The lowest BCUT2D eigenvalue weighted by Gasteiger charge is -2.25. The van der Waals surface area contributed by atoms with E-state index in [-0.39, 0.29) is 12.1 Å². The van der Waals surface area contributed by atoms with Gasteiger partial charge >= 0.3 is 6.03 Å². The molecule has 146 valence electrons. The van der Waals surface area contributed by atoms with E-state index in [2.05, 4.69) is 15.4 Å². The van der Waals surface area contributed by atoms with E-state index in [4.69, 9.17) is 16.3 Å². The van der Waals surface area contributed by atoms with E-state index in [0.717, 1.165) is 11.3 Å². The summed E-state index contributed by atoms with van der Waals surface area (Å²) in [4.78, 5) is 18.0. The average Bonchev–Trinajstić information content (AvgIpc) is 3.26. The Hall–Kier alpha value is -3.06. The second kappa shape index (κ2) is 9.23. The van der Waals surface area contributed by atoms with Gasteiger partial charge in [0.25, 0.3) is 0 Å². The topological polar surface area (TPSA) is 72.3 Å². The van der Waals surface area contributed by atoms with E-state index >= 15 is 0 Å². The molecule has 3 rings (SSSR count). The predicted molar refractivity (Wildman–Crippen MR) is 108 cm³/mol. The molecule has 8 heteroatoms. The highest BCUT2D eigenvalue weighted by Crippen LogP contribution is 2.20. The monoisotopic (exact) mass is 399 g/mol. The molecule has 0 aliphatic carbocycles. The normalized spacial score (nSPS) is 11.7. The third-order valence-electron chi connectivity index (χ3n) is 4.42. The van der Waals surface area contributed by atoms with Gasteiger partial charge in [-0.15, -0.1) is 0 Å². The van der Waals surface area contributed by atoms with E-state index in [0.29, 0.717) is 23.9 Å². The second-order valence-corrected chi connectivity index (χ2v) is 6.69. The van der Waals surface area contributed by atoms with Crippen LogP contribution in [0.25, 0.3) is 5.69 Å². The van der Waals surface area contributed by atoms with Crippen molar-refractivity contribution < 1.29 is 9.53 Å². The highest BCUT2D eigenvalue weighted by molar-refractivity contribution is 6.30. The first kappa shape index (κ1) is 19.7. The van der Waals surface area contributed by atoms with Crippen molar-refractivity contribution in [2.75, 3.05) is 20.2 Å². The number of benzene rings is 2. The van der Waals surface area contributed by atoms with Gasteiger partial charge < -0.3 is 15.0 Å². The quantitative estimate of drug-likeness (QED) is 0.615. The Morgan fingerprint density at radius 1 is 1.21 bits per heavy atom.